The first-order chi connectivity index (χ1) is 18.7. The second-order valence-corrected chi connectivity index (χ2v) is 9.61. The normalized spacial score (nSPS) is 15.5. The Hall–Kier alpha value is -4.76. The van der Waals surface area contributed by atoms with Crippen LogP contribution >= 0.6 is 0 Å². The molecule has 6 rings (SSSR count). The van der Waals surface area contributed by atoms with Crippen molar-refractivity contribution in [3.63, 3.8) is 0 Å². The lowest BCUT2D eigenvalue weighted by Gasteiger charge is -2.15. The summed E-state index contributed by atoms with van der Waals surface area (Å²) < 4.78 is 0. The molecular weight excluding hydrogens is 462 g/mol. The van der Waals surface area contributed by atoms with Gasteiger partial charge in [-0.3, -0.25) is 9.97 Å². The van der Waals surface area contributed by atoms with Crippen molar-refractivity contribution in [3.05, 3.63) is 134 Å². The van der Waals surface area contributed by atoms with E-state index in [4.69, 9.17) is 0 Å². The average molecular weight is 492 g/mol. The molecule has 3 heterocycles. The molecule has 0 radical (unpaired) electrons. The van der Waals surface area contributed by atoms with Gasteiger partial charge in [-0.2, -0.15) is 0 Å². The molecule has 0 amide bonds. The number of fused-ring (bicyclic) bond motifs is 1. The van der Waals surface area contributed by atoms with Crippen LogP contribution in [0, 0.1) is 0 Å². The van der Waals surface area contributed by atoms with Crippen molar-refractivity contribution >= 4 is 11.3 Å². The third-order valence-electron chi connectivity index (χ3n) is 7.10. The Kier molecular flexibility index (Phi) is 6.41. The van der Waals surface area contributed by atoms with Crippen LogP contribution in [0.5, 0.6) is 0 Å². The summed E-state index contributed by atoms with van der Waals surface area (Å²) in [7, 11) is 0. The first kappa shape index (κ1) is 23.6. The van der Waals surface area contributed by atoms with Crippen molar-refractivity contribution in [1.82, 2.24) is 9.97 Å². The van der Waals surface area contributed by atoms with E-state index >= 15 is 0 Å². The Balaban J connectivity index is 1.54. The van der Waals surface area contributed by atoms with Gasteiger partial charge >= 0.3 is 0 Å². The zero-order chi connectivity index (χ0) is 25.9. The molecule has 0 aliphatic carbocycles. The predicted molar refractivity (Wildman–Crippen MR) is 160 cm³/mol. The van der Waals surface area contributed by atoms with Gasteiger partial charge in [0, 0.05) is 53.1 Å². The van der Waals surface area contributed by atoms with E-state index in [1.54, 1.807) is 0 Å². The third kappa shape index (κ3) is 4.55. The molecule has 38 heavy (non-hydrogen) atoms. The molecule has 2 aromatic heterocycles. The topological polar surface area (TPSA) is 37.8 Å². The standard InChI is InChI=1S/C35H29N3/c1-3-4-15-32-24(2)38-35-33(28-12-6-10-26(19-28)30-14-8-17-37-23-30)20-31(21-34(32)35)27-11-5-9-25(18-27)29-13-7-16-36-22-29/h3-24,38H,1-2H3/b4-3-,32-15+. The van der Waals surface area contributed by atoms with Gasteiger partial charge in [0.15, 0.2) is 0 Å². The summed E-state index contributed by atoms with van der Waals surface area (Å²) in [6, 6.07) is 30.5. The molecule has 1 unspecified atom stereocenters. The third-order valence-corrected chi connectivity index (χ3v) is 7.10. The van der Waals surface area contributed by atoms with Crippen LogP contribution in [0.15, 0.2) is 128 Å². The summed E-state index contributed by atoms with van der Waals surface area (Å²) >= 11 is 0. The summed E-state index contributed by atoms with van der Waals surface area (Å²) in [5.41, 5.74) is 13.0. The number of aromatic nitrogens is 2. The number of nitrogens with one attached hydrogen (secondary N) is 1. The largest absolute Gasteiger partial charge is 0.377 e. The van der Waals surface area contributed by atoms with E-state index < -0.39 is 0 Å². The SMILES string of the molecule is C/C=C\C=C1\c2cc(-c3cccc(-c4cccnc4)c3)cc(-c3cccc(-c4cccnc4)c3)c2NC1C. The van der Waals surface area contributed by atoms with E-state index in [-0.39, 0.29) is 6.04 Å². The van der Waals surface area contributed by atoms with Gasteiger partial charge in [-0.15, -0.1) is 0 Å². The van der Waals surface area contributed by atoms with Crippen molar-refractivity contribution in [3.8, 4) is 44.5 Å². The maximum absolute atomic E-state index is 4.33. The molecular formula is C35H29N3. The molecule has 1 aliphatic rings. The van der Waals surface area contributed by atoms with Crippen molar-refractivity contribution in [1.29, 1.82) is 0 Å². The minimum Gasteiger partial charge on any atom is -0.377 e. The van der Waals surface area contributed by atoms with E-state index in [1.165, 1.54) is 39.1 Å². The molecule has 3 heteroatoms. The zero-order valence-corrected chi connectivity index (χ0v) is 21.6. The number of benzene rings is 3. The number of nitrogens with zero attached hydrogens (tertiary/aromatic N) is 2. The zero-order valence-electron chi connectivity index (χ0n) is 21.6. The summed E-state index contributed by atoms with van der Waals surface area (Å²) in [5.74, 6) is 0. The van der Waals surface area contributed by atoms with Gasteiger partial charge in [0.1, 0.15) is 0 Å². The fourth-order valence-corrected chi connectivity index (χ4v) is 5.19. The maximum atomic E-state index is 4.33. The van der Waals surface area contributed by atoms with Crippen LogP contribution in [0.4, 0.5) is 5.69 Å². The molecule has 1 N–H and O–H groups in total. The van der Waals surface area contributed by atoms with Crippen LogP contribution in [0.1, 0.15) is 19.4 Å². The molecule has 0 bridgehead atoms. The van der Waals surface area contributed by atoms with Crippen LogP contribution in [-0.2, 0) is 0 Å². The van der Waals surface area contributed by atoms with E-state index in [2.05, 4.69) is 120 Å². The molecule has 3 nitrogen and oxygen atoms in total. The first-order valence-corrected chi connectivity index (χ1v) is 13.0. The Labute approximate surface area is 224 Å². The maximum Gasteiger partial charge on any atom is 0.0502 e. The highest BCUT2D eigenvalue weighted by atomic mass is 15.0. The van der Waals surface area contributed by atoms with E-state index in [9.17, 15) is 0 Å². The second kappa shape index (κ2) is 10.3. The summed E-state index contributed by atoms with van der Waals surface area (Å²) in [6.45, 7) is 4.29. The van der Waals surface area contributed by atoms with Crippen LogP contribution in [0.3, 0.4) is 0 Å². The van der Waals surface area contributed by atoms with Crippen LogP contribution < -0.4 is 5.32 Å². The Morgan fingerprint density at radius 3 is 1.79 bits per heavy atom. The minimum atomic E-state index is 0.221. The average Bonchev–Trinajstić information content (AvgIpc) is 3.31. The van der Waals surface area contributed by atoms with Crippen LogP contribution in [0.25, 0.3) is 50.1 Å². The quantitative estimate of drug-likeness (QED) is 0.267. The molecule has 184 valence electrons. The fourth-order valence-electron chi connectivity index (χ4n) is 5.19. The smallest absolute Gasteiger partial charge is 0.0502 e. The van der Waals surface area contributed by atoms with E-state index in [0.29, 0.717) is 0 Å². The highest BCUT2D eigenvalue weighted by molar-refractivity contribution is 5.98. The van der Waals surface area contributed by atoms with Gasteiger partial charge in [-0.05, 0) is 83.6 Å². The lowest BCUT2D eigenvalue weighted by Crippen LogP contribution is -2.08. The highest BCUT2D eigenvalue weighted by Crippen LogP contribution is 2.45. The van der Waals surface area contributed by atoms with Crippen LogP contribution in [0.2, 0.25) is 0 Å². The molecule has 5 aromatic rings. The molecule has 3 aromatic carbocycles. The number of anilines is 1. The number of hydrogen-bond donors (Lipinski definition) is 1. The molecule has 1 atom stereocenters. The van der Waals surface area contributed by atoms with Gasteiger partial charge in [0.2, 0.25) is 0 Å². The van der Waals surface area contributed by atoms with Crippen molar-refractivity contribution in [2.24, 2.45) is 0 Å². The lowest BCUT2D eigenvalue weighted by atomic mass is 9.90. The summed E-state index contributed by atoms with van der Waals surface area (Å²) in [5, 5.41) is 3.78. The van der Waals surface area contributed by atoms with Crippen molar-refractivity contribution in [2.75, 3.05) is 5.32 Å². The van der Waals surface area contributed by atoms with E-state index in [1.807, 2.05) is 36.9 Å². The van der Waals surface area contributed by atoms with Crippen LogP contribution in [-0.4, -0.2) is 16.0 Å². The summed E-state index contributed by atoms with van der Waals surface area (Å²) in [4.78, 5) is 8.64. The van der Waals surface area contributed by atoms with Crippen molar-refractivity contribution in [2.45, 2.75) is 19.9 Å². The monoisotopic (exact) mass is 491 g/mol. The number of pyridine rings is 2. The second-order valence-electron chi connectivity index (χ2n) is 9.61. The van der Waals surface area contributed by atoms with Gasteiger partial charge < -0.3 is 5.32 Å². The molecule has 0 saturated carbocycles. The fraction of sp³-hybridized carbons (Fsp3) is 0.0857. The molecule has 1 aliphatic heterocycles. The number of allylic oxidation sites excluding steroid dienone is 3. The Morgan fingerprint density at radius 2 is 1.18 bits per heavy atom. The number of rotatable bonds is 5. The molecule has 0 spiro atoms. The first-order valence-electron chi connectivity index (χ1n) is 13.0. The minimum absolute atomic E-state index is 0.221. The van der Waals surface area contributed by atoms with Crippen molar-refractivity contribution < 1.29 is 0 Å². The Morgan fingerprint density at radius 1 is 0.632 bits per heavy atom. The highest BCUT2D eigenvalue weighted by Gasteiger charge is 2.26. The molecule has 0 fully saturated rings. The van der Waals surface area contributed by atoms with E-state index in [0.717, 1.165) is 22.3 Å². The number of hydrogen-bond acceptors (Lipinski definition) is 3. The molecule has 0 saturated heterocycles. The van der Waals surface area contributed by atoms with Gasteiger partial charge in [-0.25, -0.2) is 0 Å². The van der Waals surface area contributed by atoms with Gasteiger partial charge in [0.25, 0.3) is 0 Å². The predicted octanol–water partition coefficient (Wildman–Crippen LogP) is 8.92. The van der Waals surface area contributed by atoms with Gasteiger partial charge in [0.05, 0.1) is 5.69 Å². The summed E-state index contributed by atoms with van der Waals surface area (Å²) in [6.07, 6.45) is 13.9. The Bertz CT molecular complexity index is 1650. The lowest BCUT2D eigenvalue weighted by molar-refractivity contribution is 1.06. The van der Waals surface area contributed by atoms with Gasteiger partial charge in [-0.1, -0.05) is 66.8 Å².